The number of hydrogen-bond donors (Lipinski definition) is 0. The standard InChI is InChI=1S/C32H23I/c33-29-21-20-24(22-23-12-4-1-5-13-23)31-30(29)27-18-10-11-19-28(27)32(31,25-14-6-2-7-15-25)26-16-8-3-9-17-26/h1-21H,22H2. The smallest absolute Gasteiger partial charge is 0.0622 e. The van der Waals surface area contributed by atoms with E-state index in [2.05, 4.69) is 150 Å². The molecular weight excluding hydrogens is 511 g/mol. The molecule has 0 saturated carbocycles. The topological polar surface area (TPSA) is 0 Å². The first-order valence-electron chi connectivity index (χ1n) is 11.4. The fraction of sp³-hybridized carbons (Fsp3) is 0.0625. The van der Waals surface area contributed by atoms with Gasteiger partial charge in [-0.3, -0.25) is 0 Å². The number of hydrogen-bond acceptors (Lipinski definition) is 0. The summed E-state index contributed by atoms with van der Waals surface area (Å²) >= 11 is 2.53. The van der Waals surface area contributed by atoms with Crippen LogP contribution in [0.4, 0.5) is 0 Å². The maximum absolute atomic E-state index is 2.53. The molecule has 0 nitrogen and oxygen atoms in total. The van der Waals surface area contributed by atoms with Crippen LogP contribution in [0.5, 0.6) is 0 Å². The maximum atomic E-state index is 2.53. The van der Waals surface area contributed by atoms with Gasteiger partial charge in [-0.25, -0.2) is 0 Å². The summed E-state index contributed by atoms with van der Waals surface area (Å²) in [5, 5.41) is 0. The van der Waals surface area contributed by atoms with Crippen LogP contribution >= 0.6 is 22.6 Å². The Morgan fingerprint density at radius 1 is 0.545 bits per heavy atom. The Balaban J connectivity index is 1.76. The molecule has 5 aromatic rings. The van der Waals surface area contributed by atoms with Crippen LogP contribution in [-0.4, -0.2) is 0 Å². The molecule has 0 fully saturated rings. The third kappa shape index (κ3) is 3.18. The third-order valence-electron chi connectivity index (χ3n) is 6.87. The summed E-state index contributed by atoms with van der Waals surface area (Å²) in [6.07, 6.45) is 0.912. The average molecular weight is 534 g/mol. The lowest BCUT2D eigenvalue weighted by atomic mass is 9.66. The highest BCUT2D eigenvalue weighted by molar-refractivity contribution is 14.1. The molecule has 0 saturated heterocycles. The summed E-state index contributed by atoms with van der Waals surface area (Å²) in [4.78, 5) is 0. The van der Waals surface area contributed by atoms with Crippen molar-refractivity contribution in [2.75, 3.05) is 0 Å². The van der Waals surface area contributed by atoms with Gasteiger partial charge in [0, 0.05) is 9.13 Å². The normalized spacial score (nSPS) is 13.4. The molecule has 33 heavy (non-hydrogen) atoms. The van der Waals surface area contributed by atoms with Crippen molar-refractivity contribution in [1.29, 1.82) is 0 Å². The van der Waals surface area contributed by atoms with Crippen LogP contribution < -0.4 is 0 Å². The van der Waals surface area contributed by atoms with E-state index >= 15 is 0 Å². The van der Waals surface area contributed by atoms with Crippen LogP contribution in [0.15, 0.2) is 127 Å². The van der Waals surface area contributed by atoms with Crippen molar-refractivity contribution in [2.45, 2.75) is 11.8 Å². The fourth-order valence-electron chi connectivity index (χ4n) is 5.58. The van der Waals surface area contributed by atoms with Crippen molar-refractivity contribution in [3.63, 3.8) is 0 Å². The van der Waals surface area contributed by atoms with E-state index in [1.54, 1.807) is 0 Å². The molecule has 5 aromatic carbocycles. The Hall–Kier alpha value is -3.17. The molecule has 0 unspecified atom stereocenters. The van der Waals surface area contributed by atoms with Crippen LogP contribution in [-0.2, 0) is 11.8 Å². The molecule has 1 heteroatoms. The van der Waals surface area contributed by atoms with Crippen LogP contribution in [0.3, 0.4) is 0 Å². The van der Waals surface area contributed by atoms with E-state index in [0.29, 0.717) is 0 Å². The van der Waals surface area contributed by atoms with Gasteiger partial charge >= 0.3 is 0 Å². The first-order chi connectivity index (χ1) is 16.3. The van der Waals surface area contributed by atoms with Gasteiger partial charge in [0.05, 0.1) is 5.41 Å². The molecule has 0 heterocycles. The second kappa shape index (κ2) is 8.31. The SMILES string of the molecule is Ic1ccc(Cc2ccccc2)c2c1-c1ccccc1C2(c1ccccc1)c1ccccc1. The predicted molar refractivity (Wildman–Crippen MR) is 146 cm³/mol. The van der Waals surface area contributed by atoms with Crippen molar-refractivity contribution in [2.24, 2.45) is 0 Å². The Labute approximate surface area is 209 Å². The predicted octanol–water partition coefficient (Wildman–Crippen LogP) is 8.25. The molecule has 0 bridgehead atoms. The molecule has 1 aliphatic rings. The van der Waals surface area contributed by atoms with Gasteiger partial charge in [-0.2, -0.15) is 0 Å². The van der Waals surface area contributed by atoms with Crippen molar-refractivity contribution in [1.82, 2.24) is 0 Å². The second-order valence-electron chi connectivity index (χ2n) is 8.65. The highest BCUT2D eigenvalue weighted by Gasteiger charge is 2.47. The fourth-order valence-corrected chi connectivity index (χ4v) is 6.32. The molecule has 0 atom stereocenters. The zero-order valence-corrected chi connectivity index (χ0v) is 20.4. The van der Waals surface area contributed by atoms with Crippen LogP contribution in [0.2, 0.25) is 0 Å². The summed E-state index contributed by atoms with van der Waals surface area (Å²) < 4.78 is 1.31. The molecule has 6 rings (SSSR count). The summed E-state index contributed by atoms with van der Waals surface area (Å²) in [5.41, 5.74) is 10.5. The minimum Gasteiger partial charge on any atom is -0.0622 e. The Morgan fingerprint density at radius 3 is 1.73 bits per heavy atom. The van der Waals surface area contributed by atoms with E-state index in [4.69, 9.17) is 0 Å². The third-order valence-corrected chi connectivity index (χ3v) is 7.77. The van der Waals surface area contributed by atoms with Crippen LogP contribution in [0.1, 0.15) is 33.4 Å². The van der Waals surface area contributed by atoms with Gasteiger partial charge < -0.3 is 0 Å². The second-order valence-corrected chi connectivity index (χ2v) is 9.81. The van der Waals surface area contributed by atoms with Gasteiger partial charge in [0.2, 0.25) is 0 Å². The maximum Gasteiger partial charge on any atom is 0.0716 e. The highest BCUT2D eigenvalue weighted by Crippen LogP contribution is 2.58. The van der Waals surface area contributed by atoms with Crippen molar-refractivity contribution in [3.05, 3.63) is 164 Å². The number of halogens is 1. The van der Waals surface area contributed by atoms with Crippen LogP contribution in [0.25, 0.3) is 11.1 Å². The molecule has 0 spiro atoms. The largest absolute Gasteiger partial charge is 0.0716 e. The van der Waals surface area contributed by atoms with Crippen LogP contribution in [0, 0.1) is 3.57 Å². The van der Waals surface area contributed by atoms with E-state index in [1.165, 1.54) is 48.1 Å². The van der Waals surface area contributed by atoms with Crippen molar-refractivity contribution >= 4 is 22.6 Å². The molecule has 0 amide bonds. The molecule has 1 aliphatic carbocycles. The van der Waals surface area contributed by atoms with E-state index in [0.717, 1.165) is 6.42 Å². The first-order valence-corrected chi connectivity index (χ1v) is 12.4. The zero-order valence-electron chi connectivity index (χ0n) is 18.2. The summed E-state index contributed by atoms with van der Waals surface area (Å²) in [5.74, 6) is 0. The zero-order chi connectivity index (χ0) is 22.3. The van der Waals surface area contributed by atoms with Gasteiger partial charge in [0.1, 0.15) is 0 Å². The summed E-state index contributed by atoms with van der Waals surface area (Å²) in [7, 11) is 0. The molecular formula is C32H23I. The molecule has 0 aliphatic heterocycles. The molecule has 0 aromatic heterocycles. The van der Waals surface area contributed by atoms with Gasteiger partial charge in [-0.15, -0.1) is 0 Å². The van der Waals surface area contributed by atoms with Crippen molar-refractivity contribution in [3.8, 4) is 11.1 Å². The van der Waals surface area contributed by atoms with Gasteiger partial charge in [-0.05, 0) is 74.0 Å². The van der Waals surface area contributed by atoms with E-state index < -0.39 is 0 Å². The molecule has 0 radical (unpaired) electrons. The number of benzene rings is 5. The lowest BCUT2D eigenvalue weighted by Crippen LogP contribution is -2.30. The lowest BCUT2D eigenvalue weighted by Gasteiger charge is -2.35. The summed E-state index contributed by atoms with van der Waals surface area (Å²) in [6.45, 7) is 0. The van der Waals surface area contributed by atoms with E-state index in [1.807, 2.05) is 0 Å². The average Bonchev–Trinajstić information content (AvgIpc) is 3.20. The number of rotatable bonds is 4. The monoisotopic (exact) mass is 534 g/mol. The number of fused-ring (bicyclic) bond motifs is 3. The van der Waals surface area contributed by atoms with Gasteiger partial charge in [0.15, 0.2) is 0 Å². The Kier molecular flexibility index (Phi) is 5.15. The minimum atomic E-state index is -0.347. The van der Waals surface area contributed by atoms with E-state index in [-0.39, 0.29) is 5.41 Å². The Morgan fingerprint density at radius 2 is 1.09 bits per heavy atom. The first kappa shape index (κ1) is 20.4. The van der Waals surface area contributed by atoms with E-state index in [9.17, 15) is 0 Å². The lowest BCUT2D eigenvalue weighted by molar-refractivity contribution is 0.757. The highest BCUT2D eigenvalue weighted by atomic mass is 127. The van der Waals surface area contributed by atoms with Gasteiger partial charge in [-0.1, -0.05) is 121 Å². The van der Waals surface area contributed by atoms with Crippen molar-refractivity contribution < 1.29 is 0 Å². The molecule has 158 valence electrons. The van der Waals surface area contributed by atoms with Gasteiger partial charge in [0.25, 0.3) is 0 Å². The Bertz CT molecular complexity index is 1380. The summed E-state index contributed by atoms with van der Waals surface area (Å²) in [6, 6.07) is 46.6. The molecule has 0 N–H and O–H groups in total. The minimum absolute atomic E-state index is 0.347. The quantitative estimate of drug-likeness (QED) is 0.200.